The van der Waals surface area contributed by atoms with Gasteiger partial charge in [0.1, 0.15) is 29.0 Å². The lowest BCUT2D eigenvalue weighted by atomic mass is 9.94. The summed E-state index contributed by atoms with van der Waals surface area (Å²) in [6.07, 6.45) is 1.62. The summed E-state index contributed by atoms with van der Waals surface area (Å²) < 4.78 is 10.5. The van der Waals surface area contributed by atoms with Gasteiger partial charge >= 0.3 is 0 Å². The minimum atomic E-state index is 0.0693. The highest BCUT2D eigenvalue weighted by atomic mass is 16.5. The van der Waals surface area contributed by atoms with Gasteiger partial charge in [0.2, 0.25) is 11.6 Å². The topological polar surface area (TPSA) is 133 Å². The molecule has 2 heterocycles. The van der Waals surface area contributed by atoms with Gasteiger partial charge in [-0.05, 0) is 23.8 Å². The van der Waals surface area contributed by atoms with Crippen molar-refractivity contribution in [3.8, 4) is 24.0 Å². The SMILES string of the molecule is COc1ccc(/C=C(\C#N)c2c(C#N)c(N)[nH+]c(N3CCOCC3)c2C#N)cc1. The summed E-state index contributed by atoms with van der Waals surface area (Å²) in [6, 6.07) is 13.4. The van der Waals surface area contributed by atoms with Crippen molar-refractivity contribution in [2.24, 2.45) is 0 Å². The van der Waals surface area contributed by atoms with Crippen molar-refractivity contribution < 1.29 is 14.5 Å². The number of benzene rings is 1. The Bertz CT molecular complexity index is 1060. The van der Waals surface area contributed by atoms with Crippen LogP contribution in [0, 0.1) is 34.0 Å². The van der Waals surface area contributed by atoms with Gasteiger partial charge in [-0.15, -0.1) is 0 Å². The van der Waals surface area contributed by atoms with E-state index in [0.717, 1.165) is 5.56 Å². The van der Waals surface area contributed by atoms with Crippen LogP contribution in [0.25, 0.3) is 11.6 Å². The van der Waals surface area contributed by atoms with Gasteiger partial charge in [0.15, 0.2) is 0 Å². The van der Waals surface area contributed by atoms with Crippen molar-refractivity contribution in [2.45, 2.75) is 0 Å². The summed E-state index contributed by atoms with van der Waals surface area (Å²) in [5.74, 6) is 1.28. The lowest BCUT2D eigenvalue weighted by molar-refractivity contribution is -0.347. The molecule has 0 bridgehead atoms. The van der Waals surface area contributed by atoms with E-state index in [9.17, 15) is 15.8 Å². The fourth-order valence-electron chi connectivity index (χ4n) is 3.18. The molecule has 1 aliphatic rings. The lowest BCUT2D eigenvalue weighted by Gasteiger charge is -2.25. The first-order valence-corrected chi connectivity index (χ1v) is 8.90. The summed E-state index contributed by atoms with van der Waals surface area (Å²) in [6.45, 7) is 2.17. The number of morpholine rings is 1. The molecule has 3 N–H and O–H groups in total. The molecule has 29 heavy (non-hydrogen) atoms. The van der Waals surface area contributed by atoms with Gasteiger partial charge < -0.3 is 15.2 Å². The summed E-state index contributed by atoms with van der Waals surface area (Å²) >= 11 is 0. The molecule has 0 spiro atoms. The third-order valence-corrected chi connectivity index (χ3v) is 4.63. The molecule has 0 amide bonds. The number of aromatic amines is 1. The number of nitriles is 3. The zero-order valence-electron chi connectivity index (χ0n) is 15.9. The third-order valence-electron chi connectivity index (χ3n) is 4.63. The van der Waals surface area contributed by atoms with Crippen LogP contribution in [0.15, 0.2) is 24.3 Å². The molecule has 0 saturated carbocycles. The number of allylic oxidation sites excluding steroid dienone is 1. The molecule has 1 aromatic carbocycles. The highest BCUT2D eigenvalue weighted by Crippen LogP contribution is 2.31. The number of nitrogen functional groups attached to an aromatic ring is 1. The van der Waals surface area contributed by atoms with Crippen molar-refractivity contribution in [3.05, 3.63) is 46.5 Å². The monoisotopic (exact) mass is 387 g/mol. The summed E-state index contributed by atoms with van der Waals surface area (Å²) in [7, 11) is 1.57. The number of hydrogen-bond acceptors (Lipinski definition) is 7. The van der Waals surface area contributed by atoms with Crippen LogP contribution in [0.4, 0.5) is 11.6 Å². The quantitative estimate of drug-likeness (QED) is 0.790. The smallest absolute Gasteiger partial charge is 0.240 e. The first-order valence-electron chi connectivity index (χ1n) is 8.90. The Labute approximate surface area is 168 Å². The lowest BCUT2D eigenvalue weighted by Crippen LogP contribution is -2.41. The molecule has 1 saturated heterocycles. The number of nitrogens with zero attached hydrogens (tertiary/aromatic N) is 4. The van der Waals surface area contributed by atoms with Crippen LogP contribution in [0.1, 0.15) is 22.3 Å². The fourth-order valence-corrected chi connectivity index (χ4v) is 3.18. The van der Waals surface area contributed by atoms with Crippen LogP contribution in [-0.2, 0) is 4.74 Å². The fraction of sp³-hybridized carbons (Fsp3) is 0.238. The minimum Gasteiger partial charge on any atom is -0.497 e. The number of nitrogens with two attached hydrogens (primary N) is 1. The minimum absolute atomic E-state index is 0.0693. The van der Waals surface area contributed by atoms with Crippen molar-refractivity contribution in [2.75, 3.05) is 44.0 Å². The van der Waals surface area contributed by atoms with Crippen LogP contribution in [0.5, 0.6) is 5.75 Å². The van der Waals surface area contributed by atoms with Crippen molar-refractivity contribution >= 4 is 23.3 Å². The number of anilines is 2. The highest BCUT2D eigenvalue weighted by Gasteiger charge is 2.29. The second kappa shape index (κ2) is 8.75. The van der Waals surface area contributed by atoms with Gasteiger partial charge in [0.05, 0.1) is 45.1 Å². The molecule has 0 aliphatic carbocycles. The van der Waals surface area contributed by atoms with Crippen LogP contribution in [0.3, 0.4) is 0 Å². The molecule has 3 rings (SSSR count). The van der Waals surface area contributed by atoms with Gasteiger partial charge in [0.25, 0.3) is 0 Å². The Balaban J connectivity index is 2.20. The van der Waals surface area contributed by atoms with Crippen molar-refractivity contribution in [3.63, 3.8) is 0 Å². The zero-order valence-corrected chi connectivity index (χ0v) is 15.9. The van der Waals surface area contributed by atoms with Crippen LogP contribution in [-0.4, -0.2) is 33.4 Å². The summed E-state index contributed by atoms with van der Waals surface area (Å²) in [5.41, 5.74) is 7.50. The largest absolute Gasteiger partial charge is 0.497 e. The van der Waals surface area contributed by atoms with Crippen LogP contribution >= 0.6 is 0 Å². The predicted octanol–water partition coefficient (Wildman–Crippen LogP) is 1.74. The van der Waals surface area contributed by atoms with Crippen molar-refractivity contribution in [1.82, 2.24) is 0 Å². The average molecular weight is 387 g/mol. The van der Waals surface area contributed by atoms with E-state index in [2.05, 4.69) is 17.1 Å². The maximum Gasteiger partial charge on any atom is 0.240 e. The Morgan fingerprint density at radius 1 is 1.14 bits per heavy atom. The van der Waals surface area contributed by atoms with Gasteiger partial charge in [-0.25, -0.2) is 4.98 Å². The molecule has 1 fully saturated rings. The Kier molecular flexibility index (Phi) is 5.94. The number of hydrogen-bond donors (Lipinski definition) is 1. The van der Waals surface area contributed by atoms with Gasteiger partial charge in [-0.3, -0.25) is 4.90 Å². The second-order valence-electron chi connectivity index (χ2n) is 6.28. The Morgan fingerprint density at radius 3 is 2.34 bits per heavy atom. The number of ether oxygens (including phenoxy) is 2. The zero-order chi connectivity index (χ0) is 20.8. The van der Waals surface area contributed by atoms with Crippen LogP contribution in [0.2, 0.25) is 0 Å². The molecule has 0 unspecified atom stereocenters. The Morgan fingerprint density at radius 2 is 1.79 bits per heavy atom. The molecule has 1 aliphatic heterocycles. The molecule has 1 aromatic heterocycles. The maximum atomic E-state index is 9.89. The number of nitrogens with one attached hydrogen (secondary N) is 1. The first kappa shape index (κ1) is 19.7. The molecule has 0 atom stereocenters. The van der Waals surface area contributed by atoms with E-state index in [-0.39, 0.29) is 28.1 Å². The van der Waals surface area contributed by atoms with Gasteiger partial charge in [-0.1, -0.05) is 12.1 Å². The first-order chi connectivity index (χ1) is 14.1. The van der Waals surface area contributed by atoms with E-state index in [0.29, 0.717) is 37.9 Å². The van der Waals surface area contributed by atoms with E-state index in [1.807, 2.05) is 11.0 Å². The molecule has 8 nitrogen and oxygen atoms in total. The van der Waals surface area contributed by atoms with Gasteiger partial charge in [0, 0.05) is 5.56 Å². The molecular weight excluding hydrogens is 368 g/mol. The standard InChI is InChI=1S/C21H18N6O2/c1-28-16-4-2-14(3-5-16)10-15(11-22)19-17(12-23)20(25)26-21(18(19)13-24)27-6-8-29-9-7-27/h2-5,10H,6-9H2,1H3,(H2,25,26)/p+1/b15-10+. The highest BCUT2D eigenvalue weighted by molar-refractivity contribution is 5.95. The number of methoxy groups -OCH3 is 1. The number of pyridine rings is 1. The third kappa shape index (κ3) is 3.96. The maximum absolute atomic E-state index is 9.89. The summed E-state index contributed by atoms with van der Waals surface area (Å²) in [4.78, 5) is 4.90. The number of rotatable bonds is 4. The molecule has 2 aromatic rings. The summed E-state index contributed by atoms with van der Waals surface area (Å²) in [5, 5.41) is 29.4. The van der Waals surface area contributed by atoms with E-state index >= 15 is 0 Å². The van der Waals surface area contributed by atoms with E-state index < -0.39 is 0 Å². The predicted molar refractivity (Wildman–Crippen MR) is 106 cm³/mol. The van der Waals surface area contributed by atoms with E-state index in [4.69, 9.17) is 15.2 Å². The average Bonchev–Trinajstić information content (AvgIpc) is 2.77. The second-order valence-corrected chi connectivity index (χ2v) is 6.28. The molecule has 0 radical (unpaired) electrons. The number of H-pyrrole nitrogens is 1. The Hall–Kier alpha value is -4.06. The number of aromatic nitrogens is 1. The van der Waals surface area contributed by atoms with Gasteiger partial charge in [-0.2, -0.15) is 15.8 Å². The van der Waals surface area contributed by atoms with Crippen molar-refractivity contribution in [1.29, 1.82) is 15.8 Å². The molecule has 8 heteroatoms. The van der Waals surface area contributed by atoms with E-state index in [1.54, 1.807) is 37.5 Å². The normalized spacial score (nSPS) is 13.9. The van der Waals surface area contributed by atoms with E-state index in [1.165, 1.54) is 0 Å². The van der Waals surface area contributed by atoms with Crippen LogP contribution < -0.4 is 20.4 Å². The molecular formula is C21H19N6O2+. The molecule has 144 valence electrons.